The second-order valence-corrected chi connectivity index (χ2v) is 5.42. The minimum atomic E-state index is -1.12. The van der Waals surface area contributed by atoms with E-state index in [9.17, 15) is 13.2 Å². The molecule has 1 aromatic carbocycles. The standard InChI is InChI=1S/C14H17F3N2/c15-10-6-11(16)14(17)13(7-10)19-5-1-4-18-12(8-19)9-2-3-9/h6-7,9,12,18H,1-5,8H2. The first kappa shape index (κ1) is 12.8. The summed E-state index contributed by atoms with van der Waals surface area (Å²) in [6.45, 7) is 2.11. The van der Waals surface area contributed by atoms with Gasteiger partial charge in [0.2, 0.25) is 0 Å². The molecule has 0 bridgehead atoms. The molecule has 1 aromatic rings. The quantitative estimate of drug-likeness (QED) is 0.831. The molecule has 5 heteroatoms. The fourth-order valence-electron chi connectivity index (χ4n) is 2.76. The summed E-state index contributed by atoms with van der Waals surface area (Å²) in [5.41, 5.74) is 0.0480. The highest BCUT2D eigenvalue weighted by Crippen LogP contribution is 2.34. The van der Waals surface area contributed by atoms with Crippen LogP contribution in [0.3, 0.4) is 0 Å². The molecule has 1 aliphatic heterocycles. The molecule has 0 amide bonds. The van der Waals surface area contributed by atoms with E-state index in [0.29, 0.717) is 31.1 Å². The molecule has 1 N–H and O–H groups in total. The Hall–Kier alpha value is -1.23. The van der Waals surface area contributed by atoms with Gasteiger partial charge in [0.15, 0.2) is 11.6 Å². The van der Waals surface area contributed by atoms with Crippen LogP contribution in [0.1, 0.15) is 19.3 Å². The largest absolute Gasteiger partial charge is 0.367 e. The zero-order valence-electron chi connectivity index (χ0n) is 10.6. The summed E-state index contributed by atoms with van der Waals surface area (Å²) >= 11 is 0. The first-order valence-electron chi connectivity index (χ1n) is 6.78. The summed E-state index contributed by atoms with van der Waals surface area (Å²) in [5, 5.41) is 3.44. The van der Waals surface area contributed by atoms with Crippen LogP contribution in [0, 0.1) is 23.4 Å². The van der Waals surface area contributed by atoms with E-state index in [1.807, 2.05) is 0 Å². The molecule has 0 spiro atoms. The molecule has 1 unspecified atom stereocenters. The maximum atomic E-state index is 13.8. The van der Waals surface area contributed by atoms with Gasteiger partial charge in [-0.2, -0.15) is 0 Å². The molecular weight excluding hydrogens is 253 g/mol. The predicted molar refractivity (Wildman–Crippen MR) is 67.7 cm³/mol. The Morgan fingerprint density at radius 2 is 1.95 bits per heavy atom. The zero-order valence-corrected chi connectivity index (χ0v) is 10.6. The lowest BCUT2D eigenvalue weighted by Crippen LogP contribution is -2.39. The molecule has 2 nitrogen and oxygen atoms in total. The van der Waals surface area contributed by atoms with Gasteiger partial charge in [-0.05, 0) is 31.7 Å². The van der Waals surface area contributed by atoms with Crippen LogP contribution in [-0.2, 0) is 0 Å². The third kappa shape index (κ3) is 2.71. The molecule has 1 saturated heterocycles. The van der Waals surface area contributed by atoms with Gasteiger partial charge in [-0.3, -0.25) is 0 Å². The number of halogens is 3. The van der Waals surface area contributed by atoms with E-state index in [2.05, 4.69) is 5.32 Å². The van der Waals surface area contributed by atoms with E-state index >= 15 is 0 Å². The second kappa shape index (κ2) is 5.04. The monoisotopic (exact) mass is 270 g/mol. The van der Waals surface area contributed by atoms with Crippen LogP contribution in [0.4, 0.5) is 18.9 Å². The summed E-state index contributed by atoms with van der Waals surface area (Å²) in [7, 11) is 0. The highest BCUT2D eigenvalue weighted by Gasteiger charge is 2.33. The molecular formula is C14H17F3N2. The first-order valence-corrected chi connectivity index (χ1v) is 6.78. The van der Waals surface area contributed by atoms with Gasteiger partial charge >= 0.3 is 0 Å². The minimum Gasteiger partial charge on any atom is -0.367 e. The number of benzene rings is 1. The third-order valence-electron chi connectivity index (χ3n) is 3.93. The van der Waals surface area contributed by atoms with Gasteiger partial charge in [0.05, 0.1) is 5.69 Å². The van der Waals surface area contributed by atoms with Crippen molar-refractivity contribution >= 4 is 5.69 Å². The molecule has 19 heavy (non-hydrogen) atoms. The third-order valence-corrected chi connectivity index (χ3v) is 3.93. The van der Waals surface area contributed by atoms with Crippen molar-refractivity contribution in [2.75, 3.05) is 24.5 Å². The van der Waals surface area contributed by atoms with Crippen LogP contribution in [0.2, 0.25) is 0 Å². The van der Waals surface area contributed by atoms with Crippen LogP contribution in [0.25, 0.3) is 0 Å². The van der Waals surface area contributed by atoms with Crippen molar-refractivity contribution in [1.29, 1.82) is 0 Å². The minimum absolute atomic E-state index is 0.0480. The van der Waals surface area contributed by atoms with Gasteiger partial charge in [0, 0.05) is 31.3 Å². The van der Waals surface area contributed by atoms with Crippen molar-refractivity contribution in [3.63, 3.8) is 0 Å². The maximum absolute atomic E-state index is 13.8. The molecule has 1 heterocycles. The Kier molecular flexibility index (Phi) is 3.39. The normalized spacial score (nSPS) is 24.4. The second-order valence-electron chi connectivity index (χ2n) is 5.42. The Labute approximate surface area is 110 Å². The topological polar surface area (TPSA) is 15.3 Å². The van der Waals surface area contributed by atoms with Gasteiger partial charge in [-0.1, -0.05) is 0 Å². The van der Waals surface area contributed by atoms with Crippen LogP contribution in [0.15, 0.2) is 12.1 Å². The Bertz CT molecular complexity index is 474. The molecule has 0 radical (unpaired) electrons. The van der Waals surface area contributed by atoms with E-state index in [0.717, 1.165) is 19.0 Å². The van der Waals surface area contributed by atoms with Crippen LogP contribution in [0.5, 0.6) is 0 Å². The molecule has 1 atom stereocenters. The Morgan fingerprint density at radius 3 is 2.68 bits per heavy atom. The molecule has 1 saturated carbocycles. The molecule has 1 aliphatic carbocycles. The SMILES string of the molecule is Fc1cc(F)c(F)c(N2CCCNC(C3CC3)C2)c1. The van der Waals surface area contributed by atoms with Crippen molar-refractivity contribution < 1.29 is 13.2 Å². The molecule has 0 aromatic heterocycles. The number of nitrogens with one attached hydrogen (secondary N) is 1. The zero-order chi connectivity index (χ0) is 13.4. The fraction of sp³-hybridized carbons (Fsp3) is 0.571. The van der Waals surface area contributed by atoms with Gasteiger partial charge < -0.3 is 10.2 Å². The molecule has 2 fully saturated rings. The predicted octanol–water partition coefficient (Wildman–Crippen LogP) is 2.68. The van der Waals surface area contributed by atoms with Gasteiger partial charge in [0.1, 0.15) is 5.82 Å². The van der Waals surface area contributed by atoms with Crippen LogP contribution >= 0.6 is 0 Å². The summed E-state index contributed by atoms with van der Waals surface area (Å²) in [5.74, 6) is -2.16. The summed E-state index contributed by atoms with van der Waals surface area (Å²) < 4.78 is 40.4. The van der Waals surface area contributed by atoms with Gasteiger partial charge in [0.25, 0.3) is 0 Å². The smallest absolute Gasteiger partial charge is 0.182 e. The highest BCUT2D eigenvalue weighted by atomic mass is 19.2. The average Bonchev–Trinajstić information content (AvgIpc) is 3.18. The maximum Gasteiger partial charge on any atom is 0.182 e. The first-order chi connectivity index (χ1) is 9.15. The van der Waals surface area contributed by atoms with E-state index in [-0.39, 0.29) is 5.69 Å². The van der Waals surface area contributed by atoms with Crippen molar-refractivity contribution in [3.05, 3.63) is 29.6 Å². The lowest BCUT2D eigenvalue weighted by atomic mass is 10.1. The van der Waals surface area contributed by atoms with Gasteiger partial charge in [-0.25, -0.2) is 13.2 Å². The number of anilines is 1. The molecule has 2 aliphatic rings. The summed E-state index contributed by atoms with van der Waals surface area (Å²) in [6.07, 6.45) is 3.22. The average molecular weight is 270 g/mol. The lowest BCUT2D eigenvalue weighted by molar-refractivity contribution is 0.476. The Morgan fingerprint density at radius 1 is 1.16 bits per heavy atom. The van der Waals surface area contributed by atoms with Gasteiger partial charge in [-0.15, -0.1) is 0 Å². The highest BCUT2D eigenvalue weighted by molar-refractivity contribution is 5.49. The molecule has 3 rings (SSSR count). The van der Waals surface area contributed by atoms with Crippen LogP contribution < -0.4 is 10.2 Å². The molecule has 104 valence electrons. The number of rotatable bonds is 2. The van der Waals surface area contributed by atoms with E-state index < -0.39 is 17.5 Å². The van der Waals surface area contributed by atoms with E-state index in [1.165, 1.54) is 12.8 Å². The van der Waals surface area contributed by atoms with Crippen molar-refractivity contribution in [2.45, 2.75) is 25.3 Å². The van der Waals surface area contributed by atoms with E-state index in [4.69, 9.17) is 0 Å². The number of nitrogens with zero attached hydrogens (tertiary/aromatic N) is 1. The Balaban J connectivity index is 1.86. The van der Waals surface area contributed by atoms with Crippen molar-refractivity contribution in [3.8, 4) is 0 Å². The number of hydrogen-bond acceptors (Lipinski definition) is 2. The number of hydrogen-bond donors (Lipinski definition) is 1. The van der Waals surface area contributed by atoms with Crippen molar-refractivity contribution in [2.24, 2.45) is 5.92 Å². The summed E-state index contributed by atoms with van der Waals surface area (Å²) in [6, 6.07) is 1.98. The lowest BCUT2D eigenvalue weighted by Gasteiger charge is -2.27. The fourth-order valence-corrected chi connectivity index (χ4v) is 2.76. The van der Waals surface area contributed by atoms with Crippen LogP contribution in [-0.4, -0.2) is 25.7 Å². The van der Waals surface area contributed by atoms with Crippen molar-refractivity contribution in [1.82, 2.24) is 5.32 Å². The van der Waals surface area contributed by atoms with E-state index in [1.54, 1.807) is 4.90 Å². The summed E-state index contributed by atoms with van der Waals surface area (Å²) in [4.78, 5) is 1.77.